The summed E-state index contributed by atoms with van der Waals surface area (Å²) >= 11 is 6.60. The molecule has 0 atom stereocenters. The Morgan fingerprint density at radius 3 is 2.86 bits per heavy atom. The monoisotopic (exact) mass is 409 g/mol. The number of carbonyl (C=O) groups excluding carboxylic acids is 1. The van der Waals surface area contributed by atoms with Crippen LogP contribution in [0.2, 0.25) is 0 Å². The van der Waals surface area contributed by atoms with E-state index in [-0.39, 0.29) is 11.5 Å². The van der Waals surface area contributed by atoms with Gasteiger partial charge in [-0.25, -0.2) is 4.79 Å². The third-order valence-corrected chi connectivity index (χ3v) is 5.76. The summed E-state index contributed by atoms with van der Waals surface area (Å²) in [7, 11) is 0. The van der Waals surface area contributed by atoms with Gasteiger partial charge in [-0.2, -0.15) is 0 Å². The molecule has 1 fully saturated rings. The number of aryl methyl sites for hydroxylation is 1. The second-order valence-electron chi connectivity index (χ2n) is 6.37. The maximum Gasteiger partial charge on any atom is 0.335 e. The number of hydrogen-bond acceptors (Lipinski definition) is 5. The number of hydrogen-bond donors (Lipinski definition) is 1. The van der Waals surface area contributed by atoms with Crippen LogP contribution < -0.4 is 9.64 Å². The van der Waals surface area contributed by atoms with Crippen molar-refractivity contribution in [3.63, 3.8) is 0 Å². The summed E-state index contributed by atoms with van der Waals surface area (Å²) < 4.78 is 6.11. The van der Waals surface area contributed by atoms with Gasteiger partial charge in [0.15, 0.2) is 4.32 Å². The standard InChI is InChI=1S/C21H15NO4S2/c1-12-6-7-15(20(24)25)10-16(12)22-19(23)18(28-21(22)27)9-13-8-14-4-2-3-5-17(14)26-11-13/h2-10H,11H2,1H3,(H,24,25)/b18-9-. The molecular formula is C21H15NO4S2. The number of rotatable bonds is 3. The van der Waals surface area contributed by atoms with E-state index in [1.54, 1.807) is 12.1 Å². The molecular weight excluding hydrogens is 394 g/mol. The van der Waals surface area contributed by atoms with Crippen LogP contribution in [0, 0.1) is 6.92 Å². The van der Waals surface area contributed by atoms with Crippen molar-refractivity contribution in [3.8, 4) is 5.75 Å². The van der Waals surface area contributed by atoms with E-state index in [1.807, 2.05) is 37.3 Å². The fraction of sp³-hybridized carbons (Fsp3) is 0.0952. The highest BCUT2D eigenvalue weighted by Crippen LogP contribution is 2.38. The smallest absolute Gasteiger partial charge is 0.335 e. The first kappa shape index (κ1) is 18.5. The largest absolute Gasteiger partial charge is 0.488 e. The minimum atomic E-state index is -1.05. The molecule has 2 aromatic carbocycles. The number of fused-ring (bicyclic) bond motifs is 1. The average Bonchev–Trinajstić information content (AvgIpc) is 2.95. The fourth-order valence-corrected chi connectivity index (χ4v) is 4.34. The Morgan fingerprint density at radius 2 is 2.07 bits per heavy atom. The maximum atomic E-state index is 13.0. The number of ether oxygens (including phenoxy) is 1. The molecule has 0 aromatic heterocycles. The third-order valence-electron chi connectivity index (χ3n) is 4.46. The SMILES string of the molecule is Cc1ccc(C(=O)O)cc1N1C(=O)/C(=C/C2=Cc3ccccc3OC2)SC1=S. The van der Waals surface area contributed by atoms with E-state index in [9.17, 15) is 14.7 Å². The van der Waals surface area contributed by atoms with Crippen molar-refractivity contribution in [1.29, 1.82) is 0 Å². The van der Waals surface area contributed by atoms with E-state index in [4.69, 9.17) is 17.0 Å². The number of carbonyl (C=O) groups is 2. The second-order valence-corrected chi connectivity index (χ2v) is 8.05. The summed E-state index contributed by atoms with van der Waals surface area (Å²) in [6.07, 6.45) is 3.77. The predicted octanol–water partition coefficient (Wildman–Crippen LogP) is 4.42. The first-order chi connectivity index (χ1) is 13.4. The topological polar surface area (TPSA) is 66.8 Å². The first-order valence-corrected chi connectivity index (χ1v) is 9.71. The fourth-order valence-electron chi connectivity index (χ4n) is 3.04. The van der Waals surface area contributed by atoms with Gasteiger partial charge in [0, 0.05) is 5.56 Å². The van der Waals surface area contributed by atoms with Crippen LogP contribution in [0.4, 0.5) is 5.69 Å². The van der Waals surface area contributed by atoms with Gasteiger partial charge in [0.2, 0.25) is 0 Å². The lowest BCUT2D eigenvalue weighted by molar-refractivity contribution is -0.113. The molecule has 7 heteroatoms. The molecule has 1 saturated heterocycles. The minimum Gasteiger partial charge on any atom is -0.488 e. The molecule has 0 bridgehead atoms. The molecule has 5 nitrogen and oxygen atoms in total. The number of thiocarbonyl (C=S) groups is 1. The van der Waals surface area contributed by atoms with Crippen molar-refractivity contribution in [2.24, 2.45) is 0 Å². The summed E-state index contributed by atoms with van der Waals surface area (Å²) in [4.78, 5) is 26.2. The molecule has 0 spiro atoms. The summed E-state index contributed by atoms with van der Waals surface area (Å²) in [6, 6.07) is 12.4. The molecule has 0 saturated carbocycles. The van der Waals surface area contributed by atoms with E-state index in [1.165, 1.54) is 28.8 Å². The maximum absolute atomic E-state index is 13.0. The van der Waals surface area contributed by atoms with Gasteiger partial charge in [-0.1, -0.05) is 48.2 Å². The number of nitrogens with zero attached hydrogens (tertiary/aromatic N) is 1. The molecule has 140 valence electrons. The van der Waals surface area contributed by atoms with Crippen molar-refractivity contribution in [2.45, 2.75) is 6.92 Å². The van der Waals surface area contributed by atoms with Crippen LogP contribution in [0.25, 0.3) is 6.08 Å². The number of amides is 1. The Morgan fingerprint density at radius 1 is 1.29 bits per heavy atom. The van der Waals surface area contributed by atoms with Gasteiger partial charge in [0.25, 0.3) is 5.91 Å². The lowest BCUT2D eigenvalue weighted by atomic mass is 10.1. The number of para-hydroxylation sites is 1. The van der Waals surface area contributed by atoms with E-state index >= 15 is 0 Å². The lowest BCUT2D eigenvalue weighted by Gasteiger charge is -2.18. The summed E-state index contributed by atoms with van der Waals surface area (Å²) in [5, 5.41) is 9.25. The predicted molar refractivity (Wildman–Crippen MR) is 114 cm³/mol. The first-order valence-electron chi connectivity index (χ1n) is 8.48. The van der Waals surface area contributed by atoms with Crippen molar-refractivity contribution in [1.82, 2.24) is 0 Å². The zero-order chi connectivity index (χ0) is 19.8. The normalized spacial score (nSPS) is 17.4. The van der Waals surface area contributed by atoms with Gasteiger partial charge in [-0.3, -0.25) is 9.69 Å². The Kier molecular flexibility index (Phi) is 4.78. The Hall–Kier alpha value is -2.90. The molecule has 1 amide bonds. The molecule has 28 heavy (non-hydrogen) atoms. The number of carboxylic acids is 1. The molecule has 0 radical (unpaired) electrons. The number of benzene rings is 2. The van der Waals surface area contributed by atoms with Crippen LogP contribution in [0.5, 0.6) is 5.75 Å². The molecule has 0 aliphatic carbocycles. The zero-order valence-corrected chi connectivity index (χ0v) is 16.5. The molecule has 1 N–H and O–H groups in total. The van der Waals surface area contributed by atoms with Crippen molar-refractivity contribution >= 4 is 51.9 Å². The van der Waals surface area contributed by atoms with E-state index < -0.39 is 5.97 Å². The van der Waals surface area contributed by atoms with Gasteiger partial charge < -0.3 is 9.84 Å². The Balaban J connectivity index is 1.67. The average molecular weight is 409 g/mol. The van der Waals surface area contributed by atoms with Crippen LogP contribution in [0.1, 0.15) is 21.5 Å². The number of thioether (sulfide) groups is 1. The van der Waals surface area contributed by atoms with Crippen LogP contribution in [0.3, 0.4) is 0 Å². The highest BCUT2D eigenvalue weighted by Gasteiger charge is 2.34. The number of anilines is 1. The number of aromatic carboxylic acids is 1. The highest BCUT2D eigenvalue weighted by atomic mass is 32.2. The quantitative estimate of drug-likeness (QED) is 0.598. The van der Waals surface area contributed by atoms with E-state index in [0.29, 0.717) is 21.5 Å². The van der Waals surface area contributed by atoms with Crippen molar-refractivity contribution in [3.05, 3.63) is 75.7 Å². The van der Waals surface area contributed by atoms with Crippen molar-refractivity contribution in [2.75, 3.05) is 11.5 Å². The third kappa shape index (κ3) is 3.34. The summed E-state index contributed by atoms with van der Waals surface area (Å²) in [5.74, 6) is -0.501. The van der Waals surface area contributed by atoms with Crippen molar-refractivity contribution < 1.29 is 19.4 Å². The van der Waals surface area contributed by atoms with Crippen LogP contribution in [-0.4, -0.2) is 27.9 Å². The van der Waals surface area contributed by atoms with Crippen LogP contribution >= 0.6 is 24.0 Å². The van der Waals surface area contributed by atoms with Gasteiger partial charge in [-0.05, 0) is 48.4 Å². The second kappa shape index (κ2) is 7.26. The summed E-state index contributed by atoms with van der Waals surface area (Å²) in [6.45, 7) is 2.19. The minimum absolute atomic E-state index is 0.110. The van der Waals surface area contributed by atoms with Gasteiger partial charge in [-0.15, -0.1) is 0 Å². The van der Waals surface area contributed by atoms with Gasteiger partial charge in [0.05, 0.1) is 16.2 Å². The molecule has 2 aliphatic heterocycles. The van der Waals surface area contributed by atoms with E-state index in [0.717, 1.165) is 22.4 Å². The molecule has 2 aliphatic rings. The molecule has 0 unspecified atom stereocenters. The van der Waals surface area contributed by atoms with E-state index in [2.05, 4.69) is 0 Å². The zero-order valence-electron chi connectivity index (χ0n) is 14.8. The van der Waals surface area contributed by atoms with Gasteiger partial charge >= 0.3 is 5.97 Å². The van der Waals surface area contributed by atoms with Crippen LogP contribution in [-0.2, 0) is 4.79 Å². The molecule has 2 aromatic rings. The lowest BCUT2D eigenvalue weighted by Crippen LogP contribution is -2.28. The van der Waals surface area contributed by atoms with Gasteiger partial charge in [0.1, 0.15) is 12.4 Å². The Labute approximate surface area is 171 Å². The highest BCUT2D eigenvalue weighted by molar-refractivity contribution is 8.27. The molecule has 4 rings (SSSR count). The Bertz CT molecular complexity index is 1090. The summed E-state index contributed by atoms with van der Waals surface area (Å²) in [5.41, 5.74) is 3.20. The number of carboxylic acid groups (broad SMARTS) is 1. The van der Waals surface area contributed by atoms with Crippen LogP contribution in [0.15, 0.2) is 59.0 Å². The molecule has 2 heterocycles.